The molecule has 3 aromatic rings. The lowest BCUT2D eigenvalue weighted by Gasteiger charge is -2.19. The first-order valence-electron chi connectivity index (χ1n) is 12.3. The molecular weight excluding hydrogens is 661 g/mol. The minimum atomic E-state index is -0.570. The Bertz CT molecular complexity index is 1620. The highest BCUT2D eigenvalue weighted by Gasteiger charge is 2.36. The lowest BCUT2D eigenvalue weighted by atomic mass is 10.1. The van der Waals surface area contributed by atoms with Crippen LogP contribution < -0.4 is 24.3 Å². The summed E-state index contributed by atoms with van der Waals surface area (Å²) in [5.41, 5.74) is 2.33. The van der Waals surface area contributed by atoms with Crippen LogP contribution in [0.1, 0.15) is 16.7 Å². The third-order valence-corrected chi connectivity index (χ3v) is 7.77. The molecule has 2 heterocycles. The smallest absolute Gasteiger partial charge is 0.294 e. The van der Waals surface area contributed by atoms with Gasteiger partial charge in [-0.1, -0.05) is 18.2 Å². The molecule has 2 aliphatic rings. The molecule has 0 unspecified atom stereocenters. The zero-order valence-electron chi connectivity index (χ0n) is 21.6. The van der Waals surface area contributed by atoms with Crippen LogP contribution in [0.15, 0.2) is 59.5 Å². The van der Waals surface area contributed by atoms with Gasteiger partial charge in [-0.3, -0.25) is 19.3 Å². The first-order valence-corrected chi connectivity index (χ1v) is 14.2. The number of rotatable bonds is 8. The minimum Gasteiger partial charge on any atom is -0.493 e. The number of methoxy groups -OCH3 is 1. The van der Waals surface area contributed by atoms with Gasteiger partial charge in [0, 0.05) is 17.3 Å². The predicted octanol–water partition coefficient (Wildman–Crippen LogP) is 5.20. The Kier molecular flexibility index (Phi) is 8.65. The van der Waals surface area contributed by atoms with Crippen molar-refractivity contribution in [2.75, 3.05) is 32.2 Å². The molecule has 0 radical (unpaired) electrons. The van der Waals surface area contributed by atoms with Gasteiger partial charge in [0.1, 0.15) is 26.4 Å². The van der Waals surface area contributed by atoms with Gasteiger partial charge in [0.25, 0.3) is 11.1 Å². The molecule has 0 aromatic heterocycles. The summed E-state index contributed by atoms with van der Waals surface area (Å²) in [5, 5.41) is 11.5. The molecule has 0 bridgehead atoms. The number of ether oxygens (including phenoxy) is 4. The number of thioether (sulfide) groups is 1. The van der Waals surface area contributed by atoms with Crippen molar-refractivity contribution in [1.29, 1.82) is 5.26 Å². The zero-order chi connectivity index (χ0) is 28.9. The lowest BCUT2D eigenvalue weighted by Crippen LogP contribution is -2.36. The molecule has 12 heteroatoms. The van der Waals surface area contributed by atoms with Gasteiger partial charge in [-0.2, -0.15) is 5.26 Å². The number of nitriles is 1. The third kappa shape index (κ3) is 6.41. The van der Waals surface area contributed by atoms with Gasteiger partial charge in [0.05, 0.1) is 27.2 Å². The summed E-state index contributed by atoms with van der Waals surface area (Å²) in [5.74, 6) is 0.912. The molecule has 41 heavy (non-hydrogen) atoms. The molecule has 2 aliphatic heterocycles. The van der Waals surface area contributed by atoms with Crippen molar-refractivity contribution < 1.29 is 33.3 Å². The van der Waals surface area contributed by atoms with E-state index in [2.05, 4.69) is 34.0 Å². The number of amides is 3. The molecule has 0 atom stereocenters. The van der Waals surface area contributed by atoms with Gasteiger partial charge in [-0.05, 0) is 76.3 Å². The monoisotopic (exact) mass is 683 g/mol. The second kappa shape index (κ2) is 12.5. The number of imide groups is 1. The second-order valence-corrected chi connectivity index (χ2v) is 10.9. The van der Waals surface area contributed by atoms with Crippen LogP contribution >= 0.6 is 34.4 Å². The van der Waals surface area contributed by atoms with Crippen molar-refractivity contribution >= 4 is 63.2 Å². The second-order valence-electron chi connectivity index (χ2n) is 8.77. The normalized spacial score (nSPS) is 15.0. The van der Waals surface area contributed by atoms with Gasteiger partial charge in [-0.15, -0.1) is 0 Å². The highest BCUT2D eigenvalue weighted by Crippen LogP contribution is 2.38. The quantitative estimate of drug-likeness (QED) is 0.252. The van der Waals surface area contributed by atoms with Crippen LogP contribution in [0.4, 0.5) is 10.5 Å². The topological polar surface area (TPSA) is 127 Å². The highest BCUT2D eigenvalue weighted by molar-refractivity contribution is 14.1. The van der Waals surface area contributed by atoms with E-state index in [9.17, 15) is 19.6 Å². The highest BCUT2D eigenvalue weighted by atomic mass is 127. The van der Waals surface area contributed by atoms with Crippen molar-refractivity contribution in [2.24, 2.45) is 0 Å². The van der Waals surface area contributed by atoms with Crippen LogP contribution in [0.2, 0.25) is 0 Å². The number of hydrogen-bond acceptors (Lipinski definition) is 9. The fraction of sp³-hybridized carbons (Fsp3) is 0.172. The number of hydrogen-bond donors (Lipinski definition) is 1. The molecule has 0 saturated carbocycles. The average molecular weight is 683 g/mol. The maximum absolute atomic E-state index is 13.0. The summed E-state index contributed by atoms with van der Waals surface area (Å²) in [6, 6.07) is 17.8. The Morgan fingerprint density at radius 2 is 1.93 bits per heavy atom. The van der Waals surface area contributed by atoms with Crippen LogP contribution in [0.3, 0.4) is 0 Å². The third-order valence-electron chi connectivity index (χ3n) is 6.06. The largest absolute Gasteiger partial charge is 0.493 e. The zero-order valence-corrected chi connectivity index (χ0v) is 24.6. The molecule has 1 N–H and O–H groups in total. The Hall–Kier alpha value is -4.22. The van der Waals surface area contributed by atoms with Crippen LogP contribution in [-0.2, 0) is 16.2 Å². The van der Waals surface area contributed by atoms with E-state index in [0.29, 0.717) is 56.6 Å². The maximum atomic E-state index is 13.0. The number of carbonyl (C=O) groups is 3. The number of nitrogens with one attached hydrogen (secondary N) is 1. The van der Waals surface area contributed by atoms with Gasteiger partial charge < -0.3 is 24.3 Å². The maximum Gasteiger partial charge on any atom is 0.294 e. The molecule has 0 aliphatic carbocycles. The van der Waals surface area contributed by atoms with Crippen molar-refractivity contribution in [2.45, 2.75) is 6.61 Å². The molecule has 5 rings (SSSR count). The van der Waals surface area contributed by atoms with E-state index in [1.54, 1.807) is 48.5 Å². The molecule has 1 saturated heterocycles. The summed E-state index contributed by atoms with van der Waals surface area (Å²) >= 11 is 2.85. The van der Waals surface area contributed by atoms with E-state index in [-0.39, 0.29) is 11.5 Å². The van der Waals surface area contributed by atoms with Gasteiger partial charge in [-0.25, -0.2) is 0 Å². The first kappa shape index (κ1) is 28.3. The Balaban J connectivity index is 1.27. The number of fused-ring (bicyclic) bond motifs is 1. The molecule has 0 spiro atoms. The number of nitrogens with zero attached hydrogens (tertiary/aromatic N) is 2. The average Bonchev–Trinajstić information content (AvgIpc) is 3.23. The van der Waals surface area contributed by atoms with Gasteiger partial charge in [0.15, 0.2) is 23.0 Å². The van der Waals surface area contributed by atoms with E-state index < -0.39 is 23.6 Å². The van der Waals surface area contributed by atoms with E-state index in [1.807, 2.05) is 12.1 Å². The predicted molar refractivity (Wildman–Crippen MR) is 160 cm³/mol. The van der Waals surface area contributed by atoms with Gasteiger partial charge in [0.2, 0.25) is 5.91 Å². The molecule has 10 nitrogen and oxygen atoms in total. The summed E-state index contributed by atoms with van der Waals surface area (Å²) in [6.45, 7) is 0.593. The lowest BCUT2D eigenvalue weighted by molar-refractivity contribution is -0.127. The number of benzene rings is 3. The fourth-order valence-electron chi connectivity index (χ4n) is 4.12. The van der Waals surface area contributed by atoms with Crippen molar-refractivity contribution in [3.05, 3.63) is 79.8 Å². The summed E-state index contributed by atoms with van der Waals surface area (Å²) in [6.07, 6.45) is 1.57. The molecule has 208 valence electrons. The number of halogens is 1. The van der Waals surface area contributed by atoms with Gasteiger partial charge >= 0.3 is 0 Å². The Labute approximate surface area is 253 Å². The summed E-state index contributed by atoms with van der Waals surface area (Å²) in [4.78, 5) is 39.4. The van der Waals surface area contributed by atoms with Crippen LogP contribution in [0, 0.1) is 14.9 Å². The van der Waals surface area contributed by atoms with Crippen LogP contribution in [-0.4, -0.2) is 48.8 Å². The van der Waals surface area contributed by atoms with Crippen molar-refractivity contribution in [3.63, 3.8) is 0 Å². The van der Waals surface area contributed by atoms with E-state index in [0.717, 1.165) is 22.2 Å². The minimum absolute atomic E-state index is 0.169. The summed E-state index contributed by atoms with van der Waals surface area (Å²) < 4.78 is 23.2. The number of carbonyl (C=O) groups excluding carboxylic acids is 3. The molecular formula is C29H22IN3O7S. The summed E-state index contributed by atoms with van der Waals surface area (Å²) in [7, 11) is 1.50. The molecule has 3 aromatic carbocycles. The van der Waals surface area contributed by atoms with Crippen LogP contribution in [0.5, 0.6) is 23.0 Å². The Morgan fingerprint density at radius 3 is 2.71 bits per heavy atom. The Morgan fingerprint density at radius 1 is 1.15 bits per heavy atom. The standard InChI is InChI=1S/C29H22IN3O7S/c1-37-24-11-17(10-21(30)27(24)40-16-19-5-3-2-4-18(19)14-31)12-25-28(35)33(29(36)41-25)15-26(34)32-20-6-7-22-23(13-20)39-9-8-38-22/h2-7,10-13H,8-9,15-16H2,1H3,(H,32,34)/b25-12+. The number of anilines is 1. The molecule has 1 fully saturated rings. The van der Waals surface area contributed by atoms with Crippen molar-refractivity contribution in [1.82, 2.24) is 4.90 Å². The fourth-order valence-corrected chi connectivity index (χ4v) is 5.74. The van der Waals surface area contributed by atoms with E-state index in [4.69, 9.17) is 18.9 Å². The van der Waals surface area contributed by atoms with E-state index >= 15 is 0 Å². The van der Waals surface area contributed by atoms with Crippen molar-refractivity contribution in [3.8, 4) is 29.1 Å². The SMILES string of the molecule is COc1cc(/C=C2/SC(=O)N(CC(=O)Nc3ccc4c(c3)OCCO4)C2=O)cc(I)c1OCc1ccccc1C#N. The van der Waals surface area contributed by atoms with Crippen LogP contribution in [0.25, 0.3) is 6.08 Å². The first-order chi connectivity index (χ1) is 19.9. The molecule has 3 amide bonds. The van der Waals surface area contributed by atoms with E-state index in [1.165, 1.54) is 7.11 Å².